The molecule has 0 saturated carbocycles. The first-order valence-corrected chi connectivity index (χ1v) is 7.99. The monoisotopic (exact) mass is 262 g/mol. The van der Waals surface area contributed by atoms with Gasteiger partial charge >= 0.3 is 0 Å². The van der Waals surface area contributed by atoms with Gasteiger partial charge in [-0.05, 0) is 32.0 Å². The van der Waals surface area contributed by atoms with Crippen molar-refractivity contribution in [2.24, 2.45) is 0 Å². The summed E-state index contributed by atoms with van der Waals surface area (Å²) in [6.45, 7) is 5.56. The normalized spacial score (nSPS) is 12.5. The lowest BCUT2D eigenvalue weighted by Crippen LogP contribution is -2.20. The summed E-state index contributed by atoms with van der Waals surface area (Å²) in [5.74, 6) is 0. The van der Waals surface area contributed by atoms with E-state index in [1.807, 2.05) is 12.3 Å². The molecular formula is C17H30N2. The average Bonchev–Trinajstić information content (AvgIpc) is 2.46. The van der Waals surface area contributed by atoms with E-state index in [2.05, 4.69) is 36.3 Å². The van der Waals surface area contributed by atoms with Gasteiger partial charge in [0.25, 0.3) is 0 Å². The van der Waals surface area contributed by atoms with Gasteiger partial charge in [-0.1, -0.05) is 57.9 Å². The lowest BCUT2D eigenvalue weighted by molar-refractivity contribution is 0.515. The molecule has 2 heteroatoms. The number of hydrogen-bond donors (Lipinski definition) is 1. The Balaban J connectivity index is 1.93. The Morgan fingerprint density at radius 2 is 1.68 bits per heavy atom. The third kappa shape index (κ3) is 7.99. The van der Waals surface area contributed by atoms with Crippen LogP contribution in [0.4, 0.5) is 0 Å². The minimum Gasteiger partial charge on any atom is -0.309 e. The molecule has 0 aromatic carbocycles. The number of aromatic nitrogens is 1. The predicted molar refractivity (Wildman–Crippen MR) is 83.3 cm³/mol. The van der Waals surface area contributed by atoms with E-state index in [1.54, 1.807) is 0 Å². The van der Waals surface area contributed by atoms with Crippen molar-refractivity contribution in [1.29, 1.82) is 0 Å². The molecule has 0 saturated heterocycles. The molecule has 1 atom stereocenters. The minimum atomic E-state index is 0.366. The Bertz CT molecular complexity index is 297. The highest BCUT2D eigenvalue weighted by Crippen LogP contribution is 2.10. The summed E-state index contributed by atoms with van der Waals surface area (Å²) < 4.78 is 0. The number of nitrogens with one attached hydrogen (secondary N) is 1. The lowest BCUT2D eigenvalue weighted by atomic mass is 10.1. The van der Waals surface area contributed by atoms with Crippen LogP contribution >= 0.6 is 0 Å². The first-order valence-electron chi connectivity index (χ1n) is 7.99. The summed E-state index contributed by atoms with van der Waals surface area (Å²) in [6, 6.07) is 6.47. The van der Waals surface area contributed by atoms with Crippen molar-refractivity contribution in [2.75, 3.05) is 6.54 Å². The molecule has 0 amide bonds. The van der Waals surface area contributed by atoms with Crippen LogP contribution in [0.3, 0.4) is 0 Å². The second-order valence-electron chi connectivity index (χ2n) is 5.41. The van der Waals surface area contributed by atoms with Crippen LogP contribution in [0, 0.1) is 0 Å². The van der Waals surface area contributed by atoms with Gasteiger partial charge in [0, 0.05) is 12.2 Å². The highest BCUT2D eigenvalue weighted by Gasteiger charge is 2.03. The number of unbranched alkanes of at least 4 members (excludes halogenated alkanes) is 7. The van der Waals surface area contributed by atoms with Crippen LogP contribution in [0.1, 0.15) is 76.9 Å². The van der Waals surface area contributed by atoms with Crippen LogP contribution in [0.15, 0.2) is 24.4 Å². The van der Waals surface area contributed by atoms with Crippen LogP contribution in [0.25, 0.3) is 0 Å². The van der Waals surface area contributed by atoms with Crippen molar-refractivity contribution < 1.29 is 0 Å². The number of pyridine rings is 1. The molecule has 1 aromatic heterocycles. The van der Waals surface area contributed by atoms with Crippen LogP contribution in [0.2, 0.25) is 0 Å². The predicted octanol–water partition coefficient (Wildman–Crippen LogP) is 4.87. The molecule has 0 aliphatic carbocycles. The second-order valence-corrected chi connectivity index (χ2v) is 5.41. The second kappa shape index (κ2) is 11.0. The molecule has 1 N–H and O–H groups in total. The quantitative estimate of drug-likeness (QED) is 0.575. The summed E-state index contributed by atoms with van der Waals surface area (Å²) in [7, 11) is 0. The van der Waals surface area contributed by atoms with Gasteiger partial charge in [-0.25, -0.2) is 0 Å². The number of rotatable bonds is 11. The van der Waals surface area contributed by atoms with Crippen molar-refractivity contribution in [3.8, 4) is 0 Å². The molecule has 0 radical (unpaired) electrons. The van der Waals surface area contributed by atoms with Crippen molar-refractivity contribution in [3.63, 3.8) is 0 Å². The Hall–Kier alpha value is -0.890. The van der Waals surface area contributed by atoms with Gasteiger partial charge in [0.1, 0.15) is 0 Å². The summed E-state index contributed by atoms with van der Waals surface area (Å²) in [5.41, 5.74) is 1.14. The topological polar surface area (TPSA) is 24.9 Å². The summed E-state index contributed by atoms with van der Waals surface area (Å²) in [5, 5.41) is 3.55. The van der Waals surface area contributed by atoms with E-state index in [1.165, 1.54) is 51.4 Å². The van der Waals surface area contributed by atoms with Crippen molar-refractivity contribution >= 4 is 0 Å². The maximum absolute atomic E-state index is 4.37. The molecule has 0 aliphatic rings. The van der Waals surface area contributed by atoms with E-state index in [4.69, 9.17) is 0 Å². The third-order valence-electron chi connectivity index (χ3n) is 3.61. The van der Waals surface area contributed by atoms with Gasteiger partial charge in [-0.2, -0.15) is 0 Å². The average molecular weight is 262 g/mol. The summed E-state index contributed by atoms with van der Waals surface area (Å²) in [4.78, 5) is 4.37. The van der Waals surface area contributed by atoms with E-state index in [0.29, 0.717) is 6.04 Å². The maximum atomic E-state index is 4.37. The van der Waals surface area contributed by atoms with E-state index < -0.39 is 0 Å². The first kappa shape index (κ1) is 16.2. The van der Waals surface area contributed by atoms with Crippen molar-refractivity contribution in [2.45, 2.75) is 71.3 Å². The zero-order valence-electron chi connectivity index (χ0n) is 12.7. The van der Waals surface area contributed by atoms with Crippen LogP contribution in [0.5, 0.6) is 0 Å². The SMILES string of the molecule is CCCCCCCCCCNC(C)c1ccccn1. The van der Waals surface area contributed by atoms with Crippen LogP contribution in [-0.2, 0) is 0 Å². The van der Waals surface area contributed by atoms with Crippen molar-refractivity contribution in [3.05, 3.63) is 30.1 Å². The van der Waals surface area contributed by atoms with Gasteiger partial charge in [0.05, 0.1) is 5.69 Å². The molecule has 1 unspecified atom stereocenters. The Kier molecular flexibility index (Phi) is 9.34. The largest absolute Gasteiger partial charge is 0.309 e. The molecular weight excluding hydrogens is 232 g/mol. The van der Waals surface area contributed by atoms with E-state index in [0.717, 1.165) is 12.2 Å². The summed E-state index contributed by atoms with van der Waals surface area (Å²) >= 11 is 0. The van der Waals surface area contributed by atoms with Gasteiger partial charge in [-0.15, -0.1) is 0 Å². The molecule has 0 aliphatic heterocycles. The molecule has 1 rings (SSSR count). The van der Waals surface area contributed by atoms with Crippen LogP contribution in [-0.4, -0.2) is 11.5 Å². The van der Waals surface area contributed by atoms with E-state index in [-0.39, 0.29) is 0 Å². The van der Waals surface area contributed by atoms with Gasteiger partial charge in [0.2, 0.25) is 0 Å². The Morgan fingerprint density at radius 1 is 1.00 bits per heavy atom. The van der Waals surface area contributed by atoms with E-state index >= 15 is 0 Å². The highest BCUT2D eigenvalue weighted by molar-refractivity contribution is 5.07. The molecule has 0 bridgehead atoms. The molecule has 1 aromatic rings. The third-order valence-corrected chi connectivity index (χ3v) is 3.61. The molecule has 1 heterocycles. The highest BCUT2D eigenvalue weighted by atomic mass is 14.9. The van der Waals surface area contributed by atoms with Gasteiger partial charge < -0.3 is 5.32 Å². The standard InChI is InChI=1S/C17H30N2/c1-3-4-5-6-7-8-9-11-14-18-16(2)17-13-10-12-15-19-17/h10,12-13,15-16,18H,3-9,11,14H2,1-2H3. The zero-order chi connectivity index (χ0) is 13.8. The fourth-order valence-electron chi connectivity index (χ4n) is 2.31. The Morgan fingerprint density at radius 3 is 2.32 bits per heavy atom. The molecule has 0 spiro atoms. The molecule has 108 valence electrons. The molecule has 0 fully saturated rings. The number of hydrogen-bond acceptors (Lipinski definition) is 2. The maximum Gasteiger partial charge on any atom is 0.0570 e. The van der Waals surface area contributed by atoms with Crippen LogP contribution < -0.4 is 5.32 Å². The van der Waals surface area contributed by atoms with E-state index in [9.17, 15) is 0 Å². The lowest BCUT2D eigenvalue weighted by Gasteiger charge is -2.12. The fourth-order valence-corrected chi connectivity index (χ4v) is 2.31. The van der Waals surface area contributed by atoms with Gasteiger partial charge in [-0.3, -0.25) is 4.98 Å². The van der Waals surface area contributed by atoms with Crippen molar-refractivity contribution in [1.82, 2.24) is 10.3 Å². The summed E-state index contributed by atoms with van der Waals surface area (Å²) in [6.07, 6.45) is 12.9. The first-order chi connectivity index (χ1) is 9.34. The molecule has 2 nitrogen and oxygen atoms in total. The van der Waals surface area contributed by atoms with Gasteiger partial charge in [0.15, 0.2) is 0 Å². The number of nitrogens with zero attached hydrogens (tertiary/aromatic N) is 1. The minimum absolute atomic E-state index is 0.366. The fraction of sp³-hybridized carbons (Fsp3) is 0.706. The zero-order valence-corrected chi connectivity index (χ0v) is 12.7. The Labute approximate surface area is 119 Å². The molecule has 19 heavy (non-hydrogen) atoms. The smallest absolute Gasteiger partial charge is 0.0570 e.